The van der Waals surface area contributed by atoms with Crippen LogP contribution in [-0.4, -0.2) is 31.1 Å². The van der Waals surface area contributed by atoms with Gasteiger partial charge in [-0.3, -0.25) is 18.9 Å². The van der Waals surface area contributed by atoms with E-state index in [9.17, 15) is 9.59 Å². The number of carbonyl (C=O) groups excluding carboxylic acids is 1. The number of unbranched alkanes of at least 4 members (excludes halogenated alkanes) is 3. The predicted molar refractivity (Wildman–Crippen MR) is 132 cm³/mol. The first kappa shape index (κ1) is 22.3. The van der Waals surface area contributed by atoms with Gasteiger partial charge in [0.15, 0.2) is 0 Å². The Labute approximate surface area is 195 Å². The molecule has 3 aromatic rings. The van der Waals surface area contributed by atoms with Crippen molar-refractivity contribution in [3.8, 4) is 0 Å². The number of nitrogens with one attached hydrogen (secondary N) is 1. The number of pyridine rings is 1. The highest BCUT2D eigenvalue weighted by atomic mass is 32.2. The molecule has 1 N–H and O–H groups in total. The average Bonchev–Trinajstić information content (AvgIpc) is 3.41. The van der Waals surface area contributed by atoms with Gasteiger partial charge in [-0.15, -0.1) is 0 Å². The normalized spacial score (nSPS) is 15.3. The predicted octanol–water partition coefficient (Wildman–Crippen LogP) is 4.68. The molecule has 0 aromatic carbocycles. The first-order valence-corrected chi connectivity index (χ1v) is 11.8. The zero-order valence-corrected chi connectivity index (χ0v) is 19.4. The summed E-state index contributed by atoms with van der Waals surface area (Å²) in [7, 11) is 0. The van der Waals surface area contributed by atoms with Gasteiger partial charge in [0, 0.05) is 12.7 Å². The number of hydrogen-bond donors (Lipinski definition) is 1. The third kappa shape index (κ3) is 4.78. The summed E-state index contributed by atoms with van der Waals surface area (Å²) in [6, 6.07) is 8.99. The van der Waals surface area contributed by atoms with Crippen molar-refractivity contribution in [3.05, 3.63) is 69.4 Å². The van der Waals surface area contributed by atoms with Crippen LogP contribution >= 0.6 is 24.0 Å². The van der Waals surface area contributed by atoms with Crippen LogP contribution in [0.1, 0.15) is 43.9 Å². The molecule has 7 nitrogen and oxygen atoms in total. The minimum absolute atomic E-state index is 0.161. The largest absolute Gasteiger partial charge is 0.467 e. The fourth-order valence-electron chi connectivity index (χ4n) is 3.47. The van der Waals surface area contributed by atoms with Crippen molar-refractivity contribution in [2.75, 3.05) is 11.9 Å². The molecule has 1 aliphatic heterocycles. The first-order chi connectivity index (χ1) is 15.6. The molecule has 3 aromatic heterocycles. The molecular weight excluding hydrogens is 444 g/mol. The molecule has 32 heavy (non-hydrogen) atoms. The van der Waals surface area contributed by atoms with E-state index >= 15 is 0 Å². The molecule has 166 valence electrons. The van der Waals surface area contributed by atoms with Crippen LogP contribution in [0.5, 0.6) is 0 Å². The lowest BCUT2D eigenvalue weighted by atomic mass is 10.2. The van der Waals surface area contributed by atoms with Crippen LogP contribution in [0.4, 0.5) is 5.82 Å². The summed E-state index contributed by atoms with van der Waals surface area (Å²) in [5.74, 6) is 0.946. The van der Waals surface area contributed by atoms with Crippen LogP contribution in [0, 0.1) is 0 Å². The molecule has 1 aliphatic rings. The van der Waals surface area contributed by atoms with Crippen LogP contribution in [-0.2, 0) is 11.3 Å². The van der Waals surface area contributed by atoms with Gasteiger partial charge in [0.25, 0.3) is 11.5 Å². The molecule has 0 atom stereocenters. The van der Waals surface area contributed by atoms with Crippen LogP contribution in [0.2, 0.25) is 0 Å². The molecule has 0 radical (unpaired) electrons. The molecule has 0 bridgehead atoms. The van der Waals surface area contributed by atoms with Gasteiger partial charge in [0.2, 0.25) is 0 Å². The highest BCUT2D eigenvalue weighted by Crippen LogP contribution is 2.33. The molecule has 1 amide bonds. The van der Waals surface area contributed by atoms with Gasteiger partial charge in [-0.2, -0.15) is 0 Å². The second-order valence-corrected chi connectivity index (χ2v) is 9.11. The van der Waals surface area contributed by atoms with Gasteiger partial charge in [-0.25, -0.2) is 4.98 Å². The molecule has 9 heteroatoms. The summed E-state index contributed by atoms with van der Waals surface area (Å²) in [5, 5.41) is 3.18. The third-order valence-electron chi connectivity index (χ3n) is 5.16. The van der Waals surface area contributed by atoms with Crippen molar-refractivity contribution in [1.29, 1.82) is 0 Å². The minimum atomic E-state index is -0.259. The molecule has 1 saturated heterocycles. The number of anilines is 1. The zero-order chi connectivity index (χ0) is 22.5. The summed E-state index contributed by atoms with van der Waals surface area (Å²) in [6.07, 6.45) is 9.08. The minimum Gasteiger partial charge on any atom is -0.467 e. The lowest BCUT2D eigenvalue weighted by molar-refractivity contribution is -0.122. The molecule has 1 fully saturated rings. The summed E-state index contributed by atoms with van der Waals surface area (Å²) in [6.45, 7) is 3.11. The second kappa shape index (κ2) is 10.1. The van der Waals surface area contributed by atoms with Crippen molar-refractivity contribution in [3.63, 3.8) is 0 Å². The zero-order valence-electron chi connectivity index (χ0n) is 17.7. The molecule has 4 rings (SSSR count). The van der Waals surface area contributed by atoms with Gasteiger partial charge >= 0.3 is 0 Å². The van der Waals surface area contributed by atoms with Crippen molar-refractivity contribution < 1.29 is 9.21 Å². The van der Waals surface area contributed by atoms with Crippen molar-refractivity contribution in [2.45, 2.75) is 39.2 Å². The number of nitrogens with zero attached hydrogens (tertiary/aromatic N) is 3. The van der Waals surface area contributed by atoms with Crippen LogP contribution < -0.4 is 10.9 Å². The molecule has 4 heterocycles. The third-order valence-corrected chi connectivity index (χ3v) is 6.54. The first-order valence-electron chi connectivity index (χ1n) is 10.6. The van der Waals surface area contributed by atoms with Gasteiger partial charge in [-0.05, 0) is 36.8 Å². The summed E-state index contributed by atoms with van der Waals surface area (Å²) < 4.78 is 7.37. The molecule has 0 spiro atoms. The Morgan fingerprint density at radius 2 is 2.06 bits per heavy atom. The summed E-state index contributed by atoms with van der Waals surface area (Å²) in [5.41, 5.74) is 0.567. The number of thioether (sulfide) groups is 1. The molecular formula is C23H24N4O3S2. The van der Waals surface area contributed by atoms with E-state index in [1.165, 1.54) is 16.2 Å². The number of amides is 1. The highest BCUT2D eigenvalue weighted by molar-refractivity contribution is 8.26. The fourth-order valence-corrected chi connectivity index (χ4v) is 4.76. The summed E-state index contributed by atoms with van der Waals surface area (Å²) >= 11 is 6.66. The number of aromatic nitrogens is 2. The maximum Gasteiger partial charge on any atom is 0.267 e. The van der Waals surface area contributed by atoms with E-state index in [1.54, 1.807) is 41.6 Å². The smallest absolute Gasteiger partial charge is 0.267 e. The number of rotatable bonds is 9. The Hall–Kier alpha value is -2.91. The van der Waals surface area contributed by atoms with Crippen LogP contribution in [0.3, 0.4) is 0 Å². The SMILES string of the molecule is CCCCCCN1C(=O)C(=Cc2c(NCc3ccco3)nc3ccccn3c2=O)SC1=S. The number of carbonyl (C=O) groups is 1. The lowest BCUT2D eigenvalue weighted by Crippen LogP contribution is -2.29. The van der Waals surface area contributed by atoms with Crippen LogP contribution in [0.25, 0.3) is 11.7 Å². The maximum atomic E-state index is 13.3. The topological polar surface area (TPSA) is 79.8 Å². The number of hydrogen-bond acceptors (Lipinski definition) is 7. The summed E-state index contributed by atoms with van der Waals surface area (Å²) in [4.78, 5) is 32.9. The molecule has 0 saturated carbocycles. The van der Waals surface area contributed by atoms with Gasteiger partial charge in [0.05, 0.1) is 23.3 Å². The van der Waals surface area contributed by atoms with E-state index in [1.807, 2.05) is 12.1 Å². The Balaban J connectivity index is 1.66. The molecule has 0 aliphatic carbocycles. The van der Waals surface area contributed by atoms with Gasteiger partial charge in [0.1, 0.15) is 21.5 Å². The van der Waals surface area contributed by atoms with E-state index in [2.05, 4.69) is 17.2 Å². The number of thiocarbonyl (C=S) groups is 1. The Morgan fingerprint density at radius 3 is 2.84 bits per heavy atom. The van der Waals surface area contributed by atoms with Crippen molar-refractivity contribution in [2.24, 2.45) is 0 Å². The number of fused-ring (bicyclic) bond motifs is 1. The average molecular weight is 469 g/mol. The quantitative estimate of drug-likeness (QED) is 0.277. The maximum absolute atomic E-state index is 13.3. The van der Waals surface area contributed by atoms with Gasteiger partial charge < -0.3 is 9.73 Å². The van der Waals surface area contributed by atoms with E-state index < -0.39 is 0 Å². The fraction of sp³-hybridized carbons (Fsp3) is 0.304. The van der Waals surface area contributed by atoms with Crippen molar-refractivity contribution in [1.82, 2.24) is 14.3 Å². The van der Waals surface area contributed by atoms with E-state index in [-0.39, 0.29) is 11.5 Å². The second-order valence-electron chi connectivity index (χ2n) is 7.44. The number of furan rings is 1. The van der Waals surface area contributed by atoms with Gasteiger partial charge in [-0.1, -0.05) is 56.2 Å². The Morgan fingerprint density at radius 1 is 1.19 bits per heavy atom. The van der Waals surface area contributed by atoms with E-state index in [0.717, 1.165) is 25.7 Å². The van der Waals surface area contributed by atoms with E-state index in [0.29, 0.717) is 45.1 Å². The lowest BCUT2D eigenvalue weighted by Gasteiger charge is -2.14. The Bertz CT molecular complexity index is 1220. The highest BCUT2D eigenvalue weighted by Gasteiger charge is 2.32. The standard InChI is InChI=1S/C23H24N4O3S2/c1-2-3-4-6-12-27-22(29)18(32-23(27)31)14-17-20(24-15-16-9-8-13-30-16)25-19-10-5-7-11-26(19)21(17)28/h5,7-11,13-14,24H,2-4,6,12,15H2,1H3. The van der Waals surface area contributed by atoms with Crippen LogP contribution in [0.15, 0.2) is 56.9 Å². The Kier molecular flexibility index (Phi) is 7.06. The van der Waals surface area contributed by atoms with E-state index in [4.69, 9.17) is 16.6 Å². The monoisotopic (exact) mass is 468 g/mol. The molecule has 0 unspecified atom stereocenters. The van der Waals surface area contributed by atoms with Crippen molar-refractivity contribution >= 4 is 51.7 Å².